The highest BCUT2D eigenvalue weighted by atomic mass is 35.5. The number of aryl methyl sites for hydroxylation is 1. The van der Waals surface area contributed by atoms with Crippen LogP contribution in [0.4, 0.5) is 23.0 Å². The first kappa shape index (κ1) is 30.0. The summed E-state index contributed by atoms with van der Waals surface area (Å²) in [6.45, 7) is 1.41. The Morgan fingerprint density at radius 1 is 1.02 bits per heavy atom. The Hall–Kier alpha value is -3.98. The van der Waals surface area contributed by atoms with E-state index in [0.717, 1.165) is 35.3 Å². The summed E-state index contributed by atoms with van der Waals surface area (Å²) in [6, 6.07) is 4.80. The minimum Gasteiger partial charge on any atom is -0.480 e. The van der Waals surface area contributed by atoms with Gasteiger partial charge in [0.05, 0.1) is 16.3 Å². The molecule has 3 aromatic rings. The molecule has 1 saturated heterocycles. The van der Waals surface area contributed by atoms with E-state index in [0.29, 0.717) is 0 Å². The SMILES string of the molecule is Cc1cc(S(=O)(=O)O)ccc1N1NC(C(=O)O)C(=NNc2cc(Nc3nc(Cl)nc(Cl)n3)ccc2S(=O)(=O)O)C1=O. The zero-order chi connectivity index (χ0) is 30.3. The van der Waals surface area contributed by atoms with Gasteiger partial charge in [-0.2, -0.15) is 36.9 Å². The average Bonchev–Trinajstić information content (AvgIpc) is 3.17. The second kappa shape index (κ2) is 11.1. The highest BCUT2D eigenvalue weighted by molar-refractivity contribution is 7.86. The fraction of sp³-hybridized carbons (Fsp3) is 0.100. The lowest BCUT2D eigenvalue weighted by atomic mass is 10.2. The van der Waals surface area contributed by atoms with E-state index in [1.54, 1.807) is 0 Å². The quantitative estimate of drug-likeness (QED) is 0.150. The van der Waals surface area contributed by atoms with Gasteiger partial charge >= 0.3 is 5.97 Å². The van der Waals surface area contributed by atoms with Crippen molar-refractivity contribution < 1.29 is 40.6 Å². The van der Waals surface area contributed by atoms with Gasteiger partial charge in [0.15, 0.2) is 11.8 Å². The second-order valence-electron chi connectivity index (χ2n) is 8.08. The summed E-state index contributed by atoms with van der Waals surface area (Å²) >= 11 is 11.5. The van der Waals surface area contributed by atoms with Gasteiger partial charge in [-0.15, -0.1) is 0 Å². The van der Waals surface area contributed by atoms with Gasteiger partial charge in [-0.3, -0.25) is 24.1 Å². The van der Waals surface area contributed by atoms with Crippen LogP contribution in [0.1, 0.15) is 5.56 Å². The fourth-order valence-electron chi connectivity index (χ4n) is 3.54. The van der Waals surface area contributed by atoms with Crippen LogP contribution in [0.25, 0.3) is 0 Å². The number of hydrogen-bond acceptors (Lipinski definition) is 13. The number of aromatic nitrogens is 3. The van der Waals surface area contributed by atoms with Crippen molar-refractivity contribution in [3.8, 4) is 0 Å². The van der Waals surface area contributed by atoms with Crippen LogP contribution < -0.4 is 21.2 Å². The standard InChI is InChI=1S/C20H16Cl2N8O9S2/c1-8-6-10(40(34,35)36)3-4-12(8)30-16(31)14(15(29-30)17(32)33)28-27-11-7-9(2-5-13(11)41(37,38)39)23-20-25-18(21)24-19(22)26-20/h2-7,15,27,29H,1H3,(H,32,33)(H,34,35,36)(H,37,38,39)(H,23,24,25,26). The van der Waals surface area contributed by atoms with Crippen LogP contribution in [0.3, 0.4) is 0 Å². The van der Waals surface area contributed by atoms with Gasteiger partial charge in [-0.25, -0.2) is 10.4 Å². The minimum atomic E-state index is -4.84. The molecule has 1 aliphatic heterocycles. The minimum absolute atomic E-state index is 0.0401. The average molecular weight is 647 g/mol. The lowest BCUT2D eigenvalue weighted by molar-refractivity contribution is -0.137. The highest BCUT2D eigenvalue weighted by Crippen LogP contribution is 2.29. The third-order valence-electron chi connectivity index (χ3n) is 5.30. The number of nitrogens with one attached hydrogen (secondary N) is 3. The first-order valence-corrected chi connectivity index (χ1v) is 14.4. The molecule has 1 atom stereocenters. The van der Waals surface area contributed by atoms with Crippen LogP contribution in [0.2, 0.25) is 10.6 Å². The van der Waals surface area contributed by atoms with E-state index >= 15 is 0 Å². The number of carboxylic acid groups (broad SMARTS) is 1. The van der Waals surface area contributed by atoms with Crippen LogP contribution in [-0.4, -0.2) is 69.6 Å². The van der Waals surface area contributed by atoms with Crippen molar-refractivity contribution in [1.29, 1.82) is 0 Å². The second-order valence-corrected chi connectivity index (χ2v) is 11.6. The predicted octanol–water partition coefficient (Wildman–Crippen LogP) is 1.50. The Balaban J connectivity index is 1.70. The molecule has 21 heteroatoms. The summed E-state index contributed by atoms with van der Waals surface area (Å²) in [4.78, 5) is 35.1. The van der Waals surface area contributed by atoms with Gasteiger partial charge in [-0.05, 0) is 72.1 Å². The molecule has 1 fully saturated rings. The van der Waals surface area contributed by atoms with Gasteiger partial charge in [0.1, 0.15) is 4.90 Å². The summed E-state index contributed by atoms with van der Waals surface area (Å²) in [7, 11) is -9.39. The maximum Gasteiger partial charge on any atom is 0.329 e. The molecule has 2 aromatic carbocycles. The molecule has 216 valence electrons. The zero-order valence-electron chi connectivity index (χ0n) is 20.1. The molecule has 1 amide bonds. The monoisotopic (exact) mass is 646 g/mol. The number of carboxylic acids is 1. The van der Waals surface area contributed by atoms with Crippen molar-refractivity contribution in [3.63, 3.8) is 0 Å². The van der Waals surface area contributed by atoms with E-state index in [-0.39, 0.29) is 39.1 Å². The molecule has 0 radical (unpaired) electrons. The summed E-state index contributed by atoms with van der Waals surface area (Å²) in [6.07, 6.45) is 0. The Labute approximate surface area is 240 Å². The van der Waals surface area contributed by atoms with Gasteiger partial charge in [0, 0.05) is 5.69 Å². The van der Waals surface area contributed by atoms with Crippen molar-refractivity contribution >= 4 is 84.0 Å². The Morgan fingerprint density at radius 2 is 1.68 bits per heavy atom. The topological polar surface area (TPSA) is 253 Å². The van der Waals surface area contributed by atoms with E-state index < -0.39 is 53.7 Å². The number of anilines is 4. The third kappa shape index (κ3) is 6.68. The summed E-state index contributed by atoms with van der Waals surface area (Å²) < 4.78 is 65.7. The van der Waals surface area contributed by atoms with Crippen LogP contribution in [0.15, 0.2) is 51.3 Å². The number of hydrogen-bond donors (Lipinski definition) is 6. The van der Waals surface area contributed by atoms with Crippen LogP contribution in [0.5, 0.6) is 0 Å². The summed E-state index contributed by atoms with van der Waals surface area (Å²) in [5.74, 6) is -2.66. The number of hydrazone groups is 1. The molecule has 1 aliphatic rings. The summed E-state index contributed by atoms with van der Waals surface area (Å²) in [5, 5.41) is 16.5. The first-order chi connectivity index (χ1) is 19.0. The normalized spacial score (nSPS) is 16.7. The molecule has 0 spiro atoms. The molecular formula is C20H16Cl2N8O9S2. The van der Waals surface area contributed by atoms with Gasteiger partial charge in [-0.1, -0.05) is 0 Å². The number of halogens is 2. The lowest BCUT2D eigenvalue weighted by Gasteiger charge is -2.18. The van der Waals surface area contributed by atoms with Crippen molar-refractivity contribution in [1.82, 2.24) is 20.4 Å². The largest absolute Gasteiger partial charge is 0.480 e. The molecule has 0 bridgehead atoms. The van der Waals surface area contributed by atoms with Crippen molar-refractivity contribution in [2.45, 2.75) is 22.8 Å². The van der Waals surface area contributed by atoms with E-state index in [4.69, 9.17) is 23.2 Å². The third-order valence-corrected chi connectivity index (χ3v) is 7.40. The molecule has 41 heavy (non-hydrogen) atoms. The van der Waals surface area contributed by atoms with Gasteiger partial charge < -0.3 is 10.4 Å². The molecule has 1 unspecified atom stereocenters. The molecule has 1 aromatic heterocycles. The molecule has 6 N–H and O–H groups in total. The molecule has 0 saturated carbocycles. The Morgan fingerprint density at radius 3 is 2.24 bits per heavy atom. The Kier molecular flexibility index (Phi) is 8.14. The van der Waals surface area contributed by atoms with Crippen molar-refractivity contribution in [2.75, 3.05) is 15.8 Å². The number of carbonyl (C=O) groups excluding carboxylic acids is 1. The maximum absolute atomic E-state index is 13.2. The molecule has 0 aliphatic carbocycles. The number of benzene rings is 2. The van der Waals surface area contributed by atoms with Crippen LogP contribution in [0, 0.1) is 6.92 Å². The van der Waals surface area contributed by atoms with Gasteiger partial charge in [0.25, 0.3) is 26.1 Å². The number of rotatable bonds is 8. The van der Waals surface area contributed by atoms with Crippen LogP contribution >= 0.6 is 23.2 Å². The zero-order valence-corrected chi connectivity index (χ0v) is 23.3. The first-order valence-electron chi connectivity index (χ1n) is 10.8. The number of carbonyl (C=O) groups is 2. The van der Waals surface area contributed by atoms with Crippen LogP contribution in [-0.2, 0) is 29.8 Å². The van der Waals surface area contributed by atoms with Crippen molar-refractivity contribution in [3.05, 3.63) is 52.5 Å². The number of hydrazine groups is 1. The number of nitrogens with zero attached hydrogens (tertiary/aromatic N) is 5. The van der Waals surface area contributed by atoms with Crippen molar-refractivity contribution in [2.24, 2.45) is 5.10 Å². The maximum atomic E-state index is 13.2. The smallest absolute Gasteiger partial charge is 0.329 e. The molecule has 4 rings (SSSR count). The van der Waals surface area contributed by atoms with Gasteiger partial charge in [0.2, 0.25) is 16.5 Å². The van der Waals surface area contributed by atoms with E-state index in [9.17, 15) is 40.6 Å². The molecular weight excluding hydrogens is 631 g/mol. The summed E-state index contributed by atoms with van der Waals surface area (Å²) in [5.41, 5.74) is 4.01. The molecule has 17 nitrogen and oxygen atoms in total. The molecule has 2 heterocycles. The fourth-order valence-corrected chi connectivity index (χ4v) is 5.09. The van der Waals surface area contributed by atoms with E-state index in [1.807, 2.05) is 0 Å². The van der Waals surface area contributed by atoms with E-state index in [1.165, 1.54) is 13.0 Å². The number of aliphatic carboxylic acids is 1. The Bertz CT molecular complexity index is 1820. The highest BCUT2D eigenvalue weighted by Gasteiger charge is 2.43. The number of amides is 1. The van der Waals surface area contributed by atoms with E-state index in [2.05, 4.69) is 36.2 Å². The predicted molar refractivity (Wildman–Crippen MR) is 143 cm³/mol. The lowest BCUT2D eigenvalue weighted by Crippen LogP contribution is -2.41.